The van der Waals surface area contributed by atoms with Crippen molar-refractivity contribution in [2.45, 2.75) is 13.5 Å². The molecule has 4 nitrogen and oxygen atoms in total. The molecule has 0 aliphatic rings. The summed E-state index contributed by atoms with van der Waals surface area (Å²) in [5.74, 6) is -6.46. The number of hydrogen-bond donors (Lipinski definition) is 1. The van der Waals surface area contributed by atoms with Gasteiger partial charge in [0.15, 0.2) is 0 Å². The predicted molar refractivity (Wildman–Crippen MR) is 59.5 cm³/mol. The van der Waals surface area contributed by atoms with Crippen molar-refractivity contribution in [1.29, 1.82) is 0 Å². The Bertz CT molecular complexity index is 570. The number of aryl methyl sites for hydroxylation is 1. The summed E-state index contributed by atoms with van der Waals surface area (Å²) in [6, 6.07) is 0. The SMILES string of the molecule is Cc1cnn(CCNc2c(F)c(F)nc(F)c2F)c1. The van der Waals surface area contributed by atoms with Crippen LogP contribution in [0, 0.1) is 30.5 Å². The number of hydrogen-bond acceptors (Lipinski definition) is 3. The first-order valence-electron chi connectivity index (χ1n) is 5.42. The molecule has 102 valence electrons. The second-order valence-corrected chi connectivity index (χ2v) is 3.90. The van der Waals surface area contributed by atoms with E-state index in [0.29, 0.717) is 0 Å². The molecule has 8 heteroatoms. The van der Waals surface area contributed by atoms with E-state index in [1.54, 1.807) is 12.4 Å². The van der Waals surface area contributed by atoms with Gasteiger partial charge in [-0.15, -0.1) is 0 Å². The molecule has 2 rings (SSSR count). The van der Waals surface area contributed by atoms with Crippen molar-refractivity contribution in [3.05, 3.63) is 41.5 Å². The van der Waals surface area contributed by atoms with Gasteiger partial charge in [-0.3, -0.25) is 4.68 Å². The van der Waals surface area contributed by atoms with Gasteiger partial charge >= 0.3 is 0 Å². The Balaban J connectivity index is 2.07. The van der Waals surface area contributed by atoms with E-state index < -0.39 is 29.2 Å². The van der Waals surface area contributed by atoms with Gasteiger partial charge in [0.25, 0.3) is 11.9 Å². The number of nitrogens with zero attached hydrogens (tertiary/aromatic N) is 3. The molecule has 0 unspecified atom stereocenters. The van der Waals surface area contributed by atoms with Crippen molar-refractivity contribution in [1.82, 2.24) is 14.8 Å². The Morgan fingerprint density at radius 3 is 2.32 bits per heavy atom. The molecule has 2 heterocycles. The van der Waals surface area contributed by atoms with Gasteiger partial charge in [-0.25, -0.2) is 0 Å². The highest BCUT2D eigenvalue weighted by atomic mass is 19.2. The minimum absolute atomic E-state index is 0.0534. The Labute approximate surface area is 106 Å². The maximum Gasteiger partial charge on any atom is 0.253 e. The lowest BCUT2D eigenvalue weighted by Crippen LogP contribution is -2.15. The lowest BCUT2D eigenvalue weighted by molar-refractivity contribution is 0.410. The molecule has 0 saturated heterocycles. The Morgan fingerprint density at radius 1 is 1.16 bits per heavy atom. The van der Waals surface area contributed by atoms with Crippen LogP contribution in [0.15, 0.2) is 12.4 Å². The summed E-state index contributed by atoms with van der Waals surface area (Å²) >= 11 is 0. The number of pyridine rings is 1. The Hall–Kier alpha value is -2.12. The molecule has 0 fully saturated rings. The van der Waals surface area contributed by atoms with Gasteiger partial charge in [0, 0.05) is 12.7 Å². The van der Waals surface area contributed by atoms with Crippen LogP contribution in [0.1, 0.15) is 5.56 Å². The summed E-state index contributed by atoms with van der Waals surface area (Å²) in [7, 11) is 0. The average Bonchev–Trinajstić information content (AvgIpc) is 2.77. The summed E-state index contributed by atoms with van der Waals surface area (Å²) < 4.78 is 53.7. The van der Waals surface area contributed by atoms with Gasteiger partial charge in [0.05, 0.1) is 12.7 Å². The molecule has 0 aliphatic carbocycles. The minimum atomic E-state index is -1.68. The normalized spacial score (nSPS) is 10.8. The van der Waals surface area contributed by atoms with E-state index in [4.69, 9.17) is 0 Å². The molecule has 19 heavy (non-hydrogen) atoms. The maximum atomic E-state index is 13.2. The zero-order valence-electron chi connectivity index (χ0n) is 9.92. The van der Waals surface area contributed by atoms with Crippen molar-refractivity contribution in [3.8, 4) is 0 Å². The maximum absolute atomic E-state index is 13.2. The minimum Gasteiger partial charge on any atom is -0.378 e. The average molecular weight is 274 g/mol. The van der Waals surface area contributed by atoms with Gasteiger partial charge < -0.3 is 5.32 Å². The summed E-state index contributed by atoms with van der Waals surface area (Å²) in [6.07, 6.45) is 3.34. The summed E-state index contributed by atoms with van der Waals surface area (Å²) in [6.45, 7) is 2.18. The first-order chi connectivity index (χ1) is 8.99. The highest BCUT2D eigenvalue weighted by Gasteiger charge is 2.20. The number of anilines is 1. The van der Waals surface area contributed by atoms with E-state index in [1.165, 1.54) is 4.68 Å². The largest absolute Gasteiger partial charge is 0.378 e. The highest BCUT2D eigenvalue weighted by molar-refractivity contribution is 5.45. The topological polar surface area (TPSA) is 42.7 Å². The van der Waals surface area contributed by atoms with Crippen LogP contribution in [0.3, 0.4) is 0 Å². The second-order valence-electron chi connectivity index (χ2n) is 3.90. The van der Waals surface area contributed by atoms with Crippen molar-refractivity contribution >= 4 is 5.69 Å². The van der Waals surface area contributed by atoms with Gasteiger partial charge in [-0.05, 0) is 12.5 Å². The number of aromatic nitrogens is 3. The smallest absolute Gasteiger partial charge is 0.253 e. The van der Waals surface area contributed by atoms with Crippen LogP contribution in [0.5, 0.6) is 0 Å². The summed E-state index contributed by atoms with van der Waals surface area (Å²) in [4.78, 5) is 2.46. The van der Waals surface area contributed by atoms with Crippen LogP contribution >= 0.6 is 0 Å². The fourth-order valence-electron chi connectivity index (χ4n) is 1.53. The molecule has 0 aliphatic heterocycles. The van der Waals surface area contributed by atoms with Crippen LogP contribution < -0.4 is 5.32 Å². The monoisotopic (exact) mass is 274 g/mol. The van der Waals surface area contributed by atoms with Gasteiger partial charge in [0.2, 0.25) is 11.6 Å². The van der Waals surface area contributed by atoms with E-state index in [1.807, 2.05) is 6.92 Å². The van der Waals surface area contributed by atoms with Crippen molar-refractivity contribution in [2.75, 3.05) is 11.9 Å². The van der Waals surface area contributed by atoms with Crippen molar-refractivity contribution < 1.29 is 17.6 Å². The van der Waals surface area contributed by atoms with E-state index in [2.05, 4.69) is 15.4 Å². The standard InChI is InChI=1S/C11H10F4N4/c1-6-4-17-19(5-6)3-2-16-9-7(12)10(14)18-11(15)8(9)13/h4-5H,2-3H2,1H3,(H,16,18). The second kappa shape index (κ2) is 5.25. The lowest BCUT2D eigenvalue weighted by Gasteiger charge is -2.09. The number of nitrogens with one attached hydrogen (secondary N) is 1. The highest BCUT2D eigenvalue weighted by Crippen LogP contribution is 2.21. The van der Waals surface area contributed by atoms with Gasteiger partial charge in [-0.1, -0.05) is 0 Å². The van der Waals surface area contributed by atoms with Crippen molar-refractivity contribution in [2.24, 2.45) is 0 Å². The fourth-order valence-corrected chi connectivity index (χ4v) is 1.53. The molecular formula is C11H10F4N4. The number of halogens is 4. The molecule has 0 saturated carbocycles. The summed E-state index contributed by atoms with van der Waals surface area (Å²) in [5, 5.41) is 6.25. The quantitative estimate of drug-likeness (QED) is 0.687. The third-order valence-electron chi connectivity index (χ3n) is 2.40. The van der Waals surface area contributed by atoms with Crippen LogP contribution in [-0.2, 0) is 6.54 Å². The lowest BCUT2D eigenvalue weighted by atomic mass is 10.3. The molecule has 0 spiro atoms. The zero-order chi connectivity index (χ0) is 14.0. The third kappa shape index (κ3) is 2.83. The van der Waals surface area contributed by atoms with E-state index >= 15 is 0 Å². The van der Waals surface area contributed by atoms with Crippen LogP contribution in [0.2, 0.25) is 0 Å². The fraction of sp³-hybridized carbons (Fsp3) is 0.273. The van der Waals surface area contributed by atoms with Crippen LogP contribution in [-0.4, -0.2) is 21.3 Å². The molecule has 0 amide bonds. The molecule has 2 aromatic heterocycles. The molecule has 2 aromatic rings. The molecular weight excluding hydrogens is 264 g/mol. The first-order valence-corrected chi connectivity index (χ1v) is 5.42. The van der Waals surface area contributed by atoms with Crippen LogP contribution in [0.25, 0.3) is 0 Å². The van der Waals surface area contributed by atoms with E-state index in [-0.39, 0.29) is 13.1 Å². The molecule has 0 aromatic carbocycles. The Morgan fingerprint density at radius 2 is 1.79 bits per heavy atom. The van der Waals surface area contributed by atoms with Gasteiger partial charge in [0.1, 0.15) is 5.69 Å². The number of rotatable bonds is 4. The molecule has 0 atom stereocenters. The third-order valence-corrected chi connectivity index (χ3v) is 2.40. The first kappa shape index (κ1) is 13.3. The van der Waals surface area contributed by atoms with E-state index in [9.17, 15) is 17.6 Å². The van der Waals surface area contributed by atoms with E-state index in [0.717, 1.165) is 5.56 Å². The van der Waals surface area contributed by atoms with Crippen LogP contribution in [0.4, 0.5) is 23.2 Å². The van der Waals surface area contributed by atoms with Crippen molar-refractivity contribution in [3.63, 3.8) is 0 Å². The Kier molecular flexibility index (Phi) is 3.68. The molecule has 0 bridgehead atoms. The molecule has 0 radical (unpaired) electrons. The zero-order valence-corrected chi connectivity index (χ0v) is 9.92. The summed E-state index contributed by atoms with van der Waals surface area (Å²) in [5.41, 5.74) is 0.0623. The predicted octanol–water partition coefficient (Wildman–Crippen LogP) is 2.26. The van der Waals surface area contributed by atoms with Gasteiger partial charge in [-0.2, -0.15) is 27.6 Å². The molecule has 1 N–H and O–H groups in total.